The van der Waals surface area contributed by atoms with Gasteiger partial charge in [-0.3, -0.25) is 4.98 Å². The van der Waals surface area contributed by atoms with Gasteiger partial charge in [0.2, 0.25) is 0 Å². The average molecular weight is 238 g/mol. The lowest BCUT2D eigenvalue weighted by atomic mass is 10.2. The van der Waals surface area contributed by atoms with Crippen molar-refractivity contribution in [2.24, 2.45) is 0 Å². The molecule has 2 aromatic rings. The first kappa shape index (κ1) is 12.2. The van der Waals surface area contributed by atoms with Crippen molar-refractivity contribution in [2.45, 2.75) is 19.5 Å². The van der Waals surface area contributed by atoms with Crippen LogP contribution in [0.3, 0.4) is 0 Å². The first-order chi connectivity index (χ1) is 8.79. The summed E-state index contributed by atoms with van der Waals surface area (Å²) in [7, 11) is 0. The monoisotopic (exact) mass is 238 g/mol. The fraction of sp³-hybridized carbons (Fsp3) is 0.214. The first-order valence-corrected chi connectivity index (χ1v) is 5.79. The molecule has 0 radical (unpaired) electrons. The highest BCUT2D eigenvalue weighted by Gasteiger charge is 2.05. The van der Waals surface area contributed by atoms with Gasteiger partial charge < -0.3 is 5.32 Å². The van der Waals surface area contributed by atoms with Crippen molar-refractivity contribution < 1.29 is 0 Å². The van der Waals surface area contributed by atoms with E-state index in [1.807, 2.05) is 30.3 Å². The number of rotatable bonds is 4. The Hall–Kier alpha value is -2.25. The SMILES string of the molecule is C[C@H](NCc1ccnc(C#N)c1)c1ccccn1. The average Bonchev–Trinajstić information content (AvgIpc) is 2.46. The second-order valence-corrected chi connectivity index (χ2v) is 4.02. The van der Waals surface area contributed by atoms with E-state index >= 15 is 0 Å². The summed E-state index contributed by atoms with van der Waals surface area (Å²) in [6, 6.07) is 11.8. The molecule has 0 amide bonds. The van der Waals surface area contributed by atoms with E-state index in [0.29, 0.717) is 12.2 Å². The maximum absolute atomic E-state index is 8.77. The molecule has 0 spiro atoms. The molecule has 1 atom stereocenters. The third-order valence-corrected chi connectivity index (χ3v) is 2.68. The molecule has 0 saturated heterocycles. The van der Waals surface area contributed by atoms with Crippen LogP contribution in [0.15, 0.2) is 42.7 Å². The Balaban J connectivity index is 1.97. The minimum absolute atomic E-state index is 0.171. The normalized spacial score (nSPS) is 11.8. The molecule has 1 N–H and O–H groups in total. The number of hydrogen-bond acceptors (Lipinski definition) is 4. The van der Waals surface area contributed by atoms with Gasteiger partial charge in [-0.05, 0) is 36.8 Å². The Morgan fingerprint density at radius 2 is 2.17 bits per heavy atom. The fourth-order valence-electron chi connectivity index (χ4n) is 1.65. The standard InChI is InChI=1S/C14H14N4/c1-11(14-4-2-3-6-17-14)18-10-12-5-7-16-13(8-12)9-15/h2-8,11,18H,10H2,1H3/t11-/m0/s1. The van der Waals surface area contributed by atoms with Gasteiger partial charge in [-0.1, -0.05) is 6.07 Å². The van der Waals surface area contributed by atoms with Gasteiger partial charge in [-0.25, -0.2) is 4.98 Å². The van der Waals surface area contributed by atoms with E-state index in [9.17, 15) is 0 Å². The van der Waals surface area contributed by atoms with E-state index in [-0.39, 0.29) is 6.04 Å². The van der Waals surface area contributed by atoms with Crippen LogP contribution < -0.4 is 5.32 Å². The molecule has 0 saturated carbocycles. The van der Waals surface area contributed by atoms with Crippen LogP contribution in [0.1, 0.15) is 29.9 Å². The molecule has 2 heterocycles. The summed E-state index contributed by atoms with van der Waals surface area (Å²) in [5.74, 6) is 0. The zero-order chi connectivity index (χ0) is 12.8. The van der Waals surface area contributed by atoms with Gasteiger partial charge in [0, 0.05) is 25.0 Å². The summed E-state index contributed by atoms with van der Waals surface area (Å²) in [6.07, 6.45) is 3.44. The Labute approximate surface area is 106 Å². The molecule has 0 fully saturated rings. The molecule has 0 aliphatic carbocycles. The maximum atomic E-state index is 8.77. The van der Waals surface area contributed by atoms with Crippen molar-refractivity contribution in [3.63, 3.8) is 0 Å². The molecule has 4 nitrogen and oxygen atoms in total. The quantitative estimate of drug-likeness (QED) is 0.887. The molecular formula is C14H14N4. The molecule has 2 aromatic heterocycles. The summed E-state index contributed by atoms with van der Waals surface area (Å²) in [4.78, 5) is 8.24. The Morgan fingerprint density at radius 1 is 1.28 bits per heavy atom. The van der Waals surface area contributed by atoms with Gasteiger partial charge in [-0.2, -0.15) is 5.26 Å². The van der Waals surface area contributed by atoms with Crippen LogP contribution in [-0.4, -0.2) is 9.97 Å². The van der Waals surface area contributed by atoms with Crippen LogP contribution in [0.5, 0.6) is 0 Å². The second kappa shape index (κ2) is 5.89. The van der Waals surface area contributed by atoms with E-state index in [1.165, 1.54) is 0 Å². The van der Waals surface area contributed by atoms with Crippen LogP contribution in [0.4, 0.5) is 0 Å². The molecule has 0 aliphatic heterocycles. The van der Waals surface area contributed by atoms with Gasteiger partial charge in [0.15, 0.2) is 0 Å². The molecule has 2 rings (SSSR count). The molecule has 0 unspecified atom stereocenters. The summed E-state index contributed by atoms with van der Waals surface area (Å²) in [5.41, 5.74) is 2.50. The third-order valence-electron chi connectivity index (χ3n) is 2.68. The predicted molar refractivity (Wildman–Crippen MR) is 68.4 cm³/mol. The summed E-state index contributed by atoms with van der Waals surface area (Å²) in [6.45, 7) is 2.75. The number of nitrogens with zero attached hydrogens (tertiary/aromatic N) is 3. The van der Waals surface area contributed by atoms with Gasteiger partial charge in [-0.15, -0.1) is 0 Å². The fourth-order valence-corrected chi connectivity index (χ4v) is 1.65. The van der Waals surface area contributed by atoms with Crippen LogP contribution in [0, 0.1) is 11.3 Å². The number of nitrogens with one attached hydrogen (secondary N) is 1. The maximum Gasteiger partial charge on any atom is 0.140 e. The van der Waals surface area contributed by atoms with E-state index in [2.05, 4.69) is 22.2 Å². The van der Waals surface area contributed by atoms with Gasteiger partial charge in [0.05, 0.1) is 5.69 Å². The molecule has 18 heavy (non-hydrogen) atoms. The Kier molecular flexibility index (Phi) is 4.00. The zero-order valence-electron chi connectivity index (χ0n) is 10.2. The summed E-state index contributed by atoms with van der Waals surface area (Å²) >= 11 is 0. The first-order valence-electron chi connectivity index (χ1n) is 5.79. The van der Waals surface area contributed by atoms with Crippen molar-refractivity contribution in [1.82, 2.24) is 15.3 Å². The number of pyridine rings is 2. The molecular weight excluding hydrogens is 224 g/mol. The number of nitriles is 1. The number of aromatic nitrogens is 2. The minimum Gasteiger partial charge on any atom is -0.305 e. The molecule has 90 valence electrons. The highest BCUT2D eigenvalue weighted by molar-refractivity contribution is 5.25. The molecule has 0 aromatic carbocycles. The minimum atomic E-state index is 0.171. The second-order valence-electron chi connectivity index (χ2n) is 4.02. The van der Waals surface area contributed by atoms with Crippen molar-refractivity contribution in [3.8, 4) is 6.07 Å². The van der Waals surface area contributed by atoms with Crippen molar-refractivity contribution in [3.05, 3.63) is 59.7 Å². The van der Waals surface area contributed by atoms with Gasteiger partial charge in [0.25, 0.3) is 0 Å². The lowest BCUT2D eigenvalue weighted by molar-refractivity contribution is 0.561. The van der Waals surface area contributed by atoms with Gasteiger partial charge in [0.1, 0.15) is 11.8 Å². The largest absolute Gasteiger partial charge is 0.305 e. The summed E-state index contributed by atoms with van der Waals surface area (Å²) in [5, 5.41) is 12.1. The molecule has 4 heteroatoms. The molecule has 0 aliphatic rings. The van der Waals surface area contributed by atoms with Gasteiger partial charge >= 0.3 is 0 Å². The zero-order valence-corrected chi connectivity index (χ0v) is 10.2. The number of hydrogen-bond donors (Lipinski definition) is 1. The van der Waals surface area contributed by atoms with Crippen LogP contribution in [-0.2, 0) is 6.54 Å². The van der Waals surface area contributed by atoms with Crippen LogP contribution in [0.25, 0.3) is 0 Å². The third kappa shape index (κ3) is 3.12. The smallest absolute Gasteiger partial charge is 0.140 e. The van der Waals surface area contributed by atoms with Crippen molar-refractivity contribution in [1.29, 1.82) is 5.26 Å². The predicted octanol–water partition coefficient (Wildman–Crippen LogP) is 2.20. The van der Waals surface area contributed by atoms with E-state index in [4.69, 9.17) is 5.26 Å². The van der Waals surface area contributed by atoms with E-state index < -0.39 is 0 Å². The Morgan fingerprint density at radius 3 is 2.89 bits per heavy atom. The Bertz CT molecular complexity index is 545. The molecule has 0 bridgehead atoms. The van der Waals surface area contributed by atoms with Crippen molar-refractivity contribution in [2.75, 3.05) is 0 Å². The van der Waals surface area contributed by atoms with E-state index in [0.717, 1.165) is 11.3 Å². The highest BCUT2D eigenvalue weighted by Crippen LogP contribution is 2.09. The van der Waals surface area contributed by atoms with Crippen LogP contribution >= 0.6 is 0 Å². The van der Waals surface area contributed by atoms with Crippen LogP contribution in [0.2, 0.25) is 0 Å². The van der Waals surface area contributed by atoms with Crippen molar-refractivity contribution >= 4 is 0 Å². The summed E-state index contributed by atoms with van der Waals surface area (Å²) < 4.78 is 0. The highest BCUT2D eigenvalue weighted by atomic mass is 14.9. The lowest BCUT2D eigenvalue weighted by Gasteiger charge is -2.13. The van der Waals surface area contributed by atoms with E-state index in [1.54, 1.807) is 18.5 Å². The topological polar surface area (TPSA) is 61.6 Å². The lowest BCUT2D eigenvalue weighted by Crippen LogP contribution is -2.19.